The topological polar surface area (TPSA) is 63.0 Å². The minimum atomic E-state index is 0.358. The van der Waals surface area contributed by atoms with Crippen LogP contribution >= 0.6 is 11.3 Å². The Bertz CT molecular complexity index is 879. The first kappa shape index (κ1) is 18.5. The first-order valence-corrected chi connectivity index (χ1v) is 10.5. The summed E-state index contributed by atoms with van der Waals surface area (Å²) < 4.78 is 0. The van der Waals surface area contributed by atoms with E-state index in [0.717, 1.165) is 36.7 Å². The highest BCUT2D eigenvalue weighted by Gasteiger charge is 2.39. The zero-order valence-electron chi connectivity index (χ0n) is 16.0. The van der Waals surface area contributed by atoms with Crippen LogP contribution in [0.15, 0.2) is 41.8 Å². The maximum Gasteiger partial charge on any atom is 0.143 e. The molecule has 0 amide bonds. The van der Waals surface area contributed by atoms with Gasteiger partial charge in [-0.2, -0.15) is 0 Å². The Balaban J connectivity index is 1.52. The zero-order valence-corrected chi connectivity index (χ0v) is 16.8. The second-order valence-electron chi connectivity index (χ2n) is 7.29. The van der Waals surface area contributed by atoms with E-state index in [-0.39, 0.29) is 0 Å². The normalized spacial score (nSPS) is 19.1. The lowest BCUT2D eigenvalue weighted by Crippen LogP contribution is -2.19. The lowest BCUT2D eigenvalue weighted by Gasteiger charge is -2.16. The van der Waals surface area contributed by atoms with Gasteiger partial charge in [0.15, 0.2) is 0 Å². The van der Waals surface area contributed by atoms with E-state index in [1.165, 1.54) is 23.1 Å². The summed E-state index contributed by atoms with van der Waals surface area (Å²) in [5.41, 5.74) is 2.21. The van der Waals surface area contributed by atoms with Gasteiger partial charge in [-0.05, 0) is 51.0 Å². The number of fused-ring (bicyclic) bond motifs is 1. The maximum absolute atomic E-state index is 4.98. The van der Waals surface area contributed by atoms with Crippen molar-refractivity contribution in [2.75, 3.05) is 20.6 Å². The summed E-state index contributed by atoms with van der Waals surface area (Å²) in [5.74, 6) is 0.908. The minimum Gasteiger partial charge on any atom is -0.320 e. The van der Waals surface area contributed by atoms with Gasteiger partial charge >= 0.3 is 0 Å². The van der Waals surface area contributed by atoms with Gasteiger partial charge < -0.3 is 10.6 Å². The fourth-order valence-electron chi connectivity index (χ4n) is 3.62. The average molecular weight is 382 g/mol. The highest BCUT2D eigenvalue weighted by atomic mass is 32.1. The number of para-hydroxylation sites is 1. The summed E-state index contributed by atoms with van der Waals surface area (Å²) in [7, 11) is 4.14. The zero-order chi connectivity index (χ0) is 18.6. The molecule has 0 aliphatic carbocycles. The predicted molar refractivity (Wildman–Crippen MR) is 112 cm³/mol. The van der Waals surface area contributed by atoms with Crippen LogP contribution < -0.4 is 10.6 Å². The molecule has 3 heterocycles. The molecule has 1 aliphatic heterocycles. The summed E-state index contributed by atoms with van der Waals surface area (Å²) >= 11 is 1.79. The molecule has 4 rings (SSSR count). The second-order valence-corrected chi connectivity index (χ2v) is 8.32. The highest BCUT2D eigenvalue weighted by molar-refractivity contribution is 7.09. The molecule has 2 unspecified atom stereocenters. The average Bonchev–Trinajstić information content (AvgIpc) is 3.25. The van der Waals surface area contributed by atoms with Gasteiger partial charge in [-0.25, -0.2) is 9.97 Å². The SMILES string of the molecule is CNCCCC1NC1c1nc(CN(C)Cc2cccs2)nc2ccccc12. The van der Waals surface area contributed by atoms with Gasteiger partial charge in [0.05, 0.1) is 23.8 Å². The van der Waals surface area contributed by atoms with Gasteiger partial charge in [0.1, 0.15) is 5.82 Å². The number of rotatable bonds is 9. The summed E-state index contributed by atoms with van der Waals surface area (Å²) in [6.07, 6.45) is 2.36. The third-order valence-electron chi connectivity index (χ3n) is 5.02. The van der Waals surface area contributed by atoms with Crippen LogP contribution in [0.3, 0.4) is 0 Å². The molecule has 0 radical (unpaired) electrons. The van der Waals surface area contributed by atoms with Crippen molar-refractivity contribution in [1.29, 1.82) is 0 Å². The third kappa shape index (κ3) is 4.52. The van der Waals surface area contributed by atoms with E-state index in [2.05, 4.69) is 64.4 Å². The Kier molecular flexibility index (Phi) is 5.78. The van der Waals surface area contributed by atoms with Gasteiger partial charge in [0.25, 0.3) is 0 Å². The van der Waals surface area contributed by atoms with Crippen molar-refractivity contribution >= 4 is 22.2 Å². The Morgan fingerprint density at radius 2 is 2.04 bits per heavy atom. The van der Waals surface area contributed by atoms with E-state index in [4.69, 9.17) is 9.97 Å². The Morgan fingerprint density at radius 3 is 2.85 bits per heavy atom. The second kappa shape index (κ2) is 8.44. The predicted octanol–water partition coefficient (Wildman–Crippen LogP) is 3.34. The number of hydrogen-bond acceptors (Lipinski definition) is 6. The molecule has 1 aromatic carbocycles. The molecular weight excluding hydrogens is 354 g/mol. The fraction of sp³-hybridized carbons (Fsp3) is 0.429. The van der Waals surface area contributed by atoms with Crippen LogP contribution in [0.1, 0.15) is 35.3 Å². The molecule has 2 N–H and O–H groups in total. The van der Waals surface area contributed by atoms with Crippen molar-refractivity contribution in [3.8, 4) is 0 Å². The van der Waals surface area contributed by atoms with Crippen molar-refractivity contribution < 1.29 is 0 Å². The van der Waals surface area contributed by atoms with Crippen LogP contribution in [0.5, 0.6) is 0 Å². The fourth-order valence-corrected chi connectivity index (χ4v) is 4.40. The summed E-state index contributed by atoms with van der Waals surface area (Å²) in [5, 5.41) is 10.2. The molecule has 0 bridgehead atoms. The van der Waals surface area contributed by atoms with Crippen molar-refractivity contribution in [3.63, 3.8) is 0 Å². The molecule has 2 aromatic heterocycles. The number of benzene rings is 1. The minimum absolute atomic E-state index is 0.358. The number of aromatic nitrogens is 2. The van der Waals surface area contributed by atoms with E-state index in [9.17, 15) is 0 Å². The number of hydrogen-bond donors (Lipinski definition) is 2. The molecule has 1 saturated heterocycles. The van der Waals surface area contributed by atoms with E-state index < -0.39 is 0 Å². The molecule has 6 heteroatoms. The van der Waals surface area contributed by atoms with Gasteiger partial charge in [-0.1, -0.05) is 24.3 Å². The number of nitrogens with one attached hydrogen (secondary N) is 2. The van der Waals surface area contributed by atoms with Crippen LogP contribution in [-0.4, -0.2) is 41.5 Å². The third-order valence-corrected chi connectivity index (χ3v) is 5.88. The molecule has 2 atom stereocenters. The Labute approximate surface area is 164 Å². The van der Waals surface area contributed by atoms with Gasteiger partial charge in [-0.15, -0.1) is 11.3 Å². The Hall–Kier alpha value is -1.86. The quantitative estimate of drug-likeness (QED) is 0.440. The van der Waals surface area contributed by atoms with Crippen LogP contribution in [-0.2, 0) is 13.1 Å². The van der Waals surface area contributed by atoms with Crippen molar-refractivity contribution in [2.24, 2.45) is 0 Å². The smallest absolute Gasteiger partial charge is 0.143 e. The van der Waals surface area contributed by atoms with Gasteiger partial charge in [0, 0.05) is 22.8 Å². The summed E-state index contributed by atoms with van der Waals surface area (Å²) in [4.78, 5) is 13.5. The molecule has 0 spiro atoms. The monoisotopic (exact) mass is 381 g/mol. The molecule has 5 nitrogen and oxygen atoms in total. The van der Waals surface area contributed by atoms with Gasteiger partial charge in [0.2, 0.25) is 0 Å². The van der Waals surface area contributed by atoms with E-state index in [1.807, 2.05) is 7.05 Å². The molecule has 142 valence electrons. The van der Waals surface area contributed by atoms with E-state index in [1.54, 1.807) is 11.3 Å². The maximum atomic E-state index is 4.98. The van der Waals surface area contributed by atoms with Crippen molar-refractivity contribution in [1.82, 2.24) is 25.5 Å². The van der Waals surface area contributed by atoms with Crippen LogP contribution in [0.2, 0.25) is 0 Å². The van der Waals surface area contributed by atoms with Gasteiger partial charge in [-0.3, -0.25) is 4.90 Å². The number of thiophene rings is 1. The first-order chi connectivity index (χ1) is 13.2. The van der Waals surface area contributed by atoms with Crippen LogP contribution in [0.25, 0.3) is 10.9 Å². The van der Waals surface area contributed by atoms with Crippen molar-refractivity contribution in [3.05, 3.63) is 58.2 Å². The van der Waals surface area contributed by atoms with E-state index in [0.29, 0.717) is 12.1 Å². The standard InChI is InChI=1S/C21H27N5S/c1-22-11-5-10-18-21(24-18)20-16-8-3-4-9-17(16)23-19(25-20)14-26(2)13-15-7-6-12-27-15/h3-4,6-9,12,18,21-22,24H,5,10-11,13-14H2,1-2H3. The summed E-state index contributed by atoms with van der Waals surface area (Å²) in [6, 6.07) is 13.6. The van der Waals surface area contributed by atoms with Crippen LogP contribution in [0, 0.1) is 0 Å². The molecular formula is C21H27N5S. The molecule has 3 aromatic rings. The number of nitrogens with zero attached hydrogens (tertiary/aromatic N) is 3. The molecule has 1 fully saturated rings. The first-order valence-electron chi connectivity index (χ1n) is 9.61. The van der Waals surface area contributed by atoms with Crippen LogP contribution in [0.4, 0.5) is 0 Å². The molecule has 0 saturated carbocycles. The summed E-state index contributed by atoms with van der Waals surface area (Å²) in [6.45, 7) is 2.75. The molecule has 27 heavy (non-hydrogen) atoms. The lowest BCUT2D eigenvalue weighted by atomic mass is 10.1. The Morgan fingerprint density at radius 1 is 1.15 bits per heavy atom. The largest absolute Gasteiger partial charge is 0.320 e. The van der Waals surface area contributed by atoms with Crippen molar-refractivity contribution in [2.45, 2.75) is 38.0 Å². The molecule has 1 aliphatic rings. The highest BCUT2D eigenvalue weighted by Crippen LogP contribution is 2.35. The lowest BCUT2D eigenvalue weighted by molar-refractivity contribution is 0.313. The van der Waals surface area contributed by atoms with E-state index >= 15 is 0 Å².